The quantitative estimate of drug-likeness (QED) is 0.684. The van der Waals surface area contributed by atoms with Crippen molar-refractivity contribution in [1.82, 2.24) is 10.6 Å². The fourth-order valence-corrected chi connectivity index (χ4v) is 3.10. The van der Waals surface area contributed by atoms with E-state index in [0.717, 1.165) is 12.1 Å². The van der Waals surface area contributed by atoms with Gasteiger partial charge in [-0.1, -0.05) is 36.4 Å². The zero-order valence-electron chi connectivity index (χ0n) is 14.5. The number of hydrogen-bond acceptors (Lipinski definition) is 3. The third kappa shape index (κ3) is 5.54. The molecule has 0 radical (unpaired) electrons. The second-order valence-corrected chi connectivity index (χ2v) is 6.74. The van der Waals surface area contributed by atoms with Crippen LogP contribution < -0.4 is 16.0 Å². The van der Waals surface area contributed by atoms with E-state index < -0.39 is 0 Å². The zero-order valence-corrected chi connectivity index (χ0v) is 15.3. The van der Waals surface area contributed by atoms with E-state index in [4.69, 9.17) is 17.0 Å². The fourth-order valence-electron chi connectivity index (χ4n) is 2.90. The molecule has 3 rings (SSSR count). The molecule has 0 aromatic heterocycles. The SMILES string of the molecule is O=C(NC[C@@H]1CO[C@H](CNC(=S)Nc2ccccc2)C1)c1ccccc1. The van der Waals surface area contributed by atoms with Gasteiger partial charge in [0.15, 0.2) is 5.11 Å². The van der Waals surface area contributed by atoms with Gasteiger partial charge in [-0.25, -0.2) is 0 Å². The van der Waals surface area contributed by atoms with E-state index in [1.54, 1.807) is 0 Å². The van der Waals surface area contributed by atoms with Crippen LogP contribution in [0.2, 0.25) is 0 Å². The Morgan fingerprint density at radius 1 is 1.00 bits per heavy atom. The summed E-state index contributed by atoms with van der Waals surface area (Å²) in [5, 5.41) is 9.90. The van der Waals surface area contributed by atoms with Crippen LogP contribution in [-0.4, -0.2) is 36.8 Å². The number of anilines is 1. The van der Waals surface area contributed by atoms with Gasteiger partial charge in [-0.2, -0.15) is 0 Å². The lowest BCUT2D eigenvalue weighted by molar-refractivity contribution is 0.0938. The Morgan fingerprint density at radius 3 is 2.42 bits per heavy atom. The van der Waals surface area contributed by atoms with Gasteiger partial charge in [0, 0.05) is 30.3 Å². The predicted octanol–water partition coefficient (Wildman–Crippen LogP) is 2.81. The van der Waals surface area contributed by atoms with Gasteiger partial charge in [-0.05, 0) is 42.9 Å². The Hall–Kier alpha value is -2.44. The predicted molar refractivity (Wildman–Crippen MR) is 107 cm³/mol. The first-order valence-electron chi connectivity index (χ1n) is 8.75. The molecule has 26 heavy (non-hydrogen) atoms. The lowest BCUT2D eigenvalue weighted by Crippen LogP contribution is -2.35. The number of amides is 1. The van der Waals surface area contributed by atoms with Crippen molar-refractivity contribution < 1.29 is 9.53 Å². The van der Waals surface area contributed by atoms with Crippen molar-refractivity contribution in [2.75, 3.05) is 25.0 Å². The summed E-state index contributed by atoms with van der Waals surface area (Å²) < 4.78 is 5.80. The summed E-state index contributed by atoms with van der Waals surface area (Å²) in [6.45, 7) is 1.93. The molecule has 5 nitrogen and oxygen atoms in total. The largest absolute Gasteiger partial charge is 0.376 e. The Balaban J connectivity index is 1.35. The molecule has 0 saturated carbocycles. The van der Waals surface area contributed by atoms with Crippen LogP contribution in [0.4, 0.5) is 5.69 Å². The summed E-state index contributed by atoms with van der Waals surface area (Å²) >= 11 is 5.30. The van der Waals surface area contributed by atoms with Crippen molar-refractivity contribution >= 4 is 28.9 Å². The van der Waals surface area contributed by atoms with E-state index in [0.29, 0.717) is 36.3 Å². The minimum Gasteiger partial charge on any atom is -0.376 e. The minimum atomic E-state index is -0.0413. The Labute approximate surface area is 159 Å². The standard InChI is InChI=1S/C20H23N3O2S/c24-19(16-7-3-1-4-8-16)21-12-15-11-18(25-14-15)13-22-20(26)23-17-9-5-2-6-10-17/h1-10,15,18H,11-14H2,(H,21,24)(H2,22,23,26)/t15-,18+/m1/s1. The first kappa shape index (κ1) is 18.4. The topological polar surface area (TPSA) is 62.4 Å². The summed E-state index contributed by atoms with van der Waals surface area (Å²) in [7, 11) is 0. The van der Waals surface area contributed by atoms with Crippen molar-refractivity contribution in [2.24, 2.45) is 5.92 Å². The monoisotopic (exact) mass is 369 g/mol. The number of carbonyl (C=O) groups excluding carboxylic acids is 1. The van der Waals surface area contributed by atoms with Gasteiger partial charge >= 0.3 is 0 Å². The van der Waals surface area contributed by atoms with Crippen molar-refractivity contribution in [1.29, 1.82) is 0 Å². The molecule has 0 aliphatic carbocycles. The number of carbonyl (C=O) groups is 1. The molecule has 1 amide bonds. The highest BCUT2D eigenvalue weighted by molar-refractivity contribution is 7.80. The summed E-state index contributed by atoms with van der Waals surface area (Å²) in [5.41, 5.74) is 1.64. The van der Waals surface area contributed by atoms with E-state index in [1.807, 2.05) is 60.7 Å². The Bertz CT molecular complexity index is 724. The summed E-state index contributed by atoms with van der Waals surface area (Å²) in [5.74, 6) is 0.283. The maximum absolute atomic E-state index is 12.1. The number of para-hydroxylation sites is 1. The molecule has 0 spiro atoms. The zero-order chi connectivity index (χ0) is 18.2. The van der Waals surface area contributed by atoms with Gasteiger partial charge in [-0.3, -0.25) is 4.79 Å². The molecule has 0 bridgehead atoms. The molecule has 6 heteroatoms. The summed E-state index contributed by atoms with van der Waals surface area (Å²) in [6.07, 6.45) is 1.000. The third-order valence-electron chi connectivity index (χ3n) is 4.27. The number of nitrogens with one attached hydrogen (secondary N) is 3. The molecular weight excluding hydrogens is 346 g/mol. The van der Waals surface area contributed by atoms with Crippen LogP contribution >= 0.6 is 12.2 Å². The number of thiocarbonyl (C=S) groups is 1. The molecule has 3 N–H and O–H groups in total. The highest BCUT2D eigenvalue weighted by Gasteiger charge is 2.25. The lowest BCUT2D eigenvalue weighted by atomic mass is 10.1. The van der Waals surface area contributed by atoms with Crippen molar-refractivity contribution in [3.8, 4) is 0 Å². The molecule has 1 aliphatic heterocycles. The van der Waals surface area contributed by atoms with Crippen LogP contribution in [0.25, 0.3) is 0 Å². The van der Waals surface area contributed by atoms with Crippen molar-refractivity contribution in [2.45, 2.75) is 12.5 Å². The van der Waals surface area contributed by atoms with Crippen molar-refractivity contribution in [3.63, 3.8) is 0 Å². The van der Waals surface area contributed by atoms with Crippen LogP contribution in [0, 0.1) is 5.92 Å². The van der Waals surface area contributed by atoms with E-state index in [9.17, 15) is 4.79 Å². The smallest absolute Gasteiger partial charge is 0.251 e. The summed E-state index contributed by atoms with van der Waals surface area (Å²) in [6, 6.07) is 19.1. The van der Waals surface area contributed by atoms with Gasteiger partial charge in [0.2, 0.25) is 0 Å². The normalized spacial score (nSPS) is 18.9. The summed E-state index contributed by atoms with van der Waals surface area (Å²) in [4.78, 5) is 12.1. The van der Waals surface area contributed by atoms with Gasteiger partial charge in [0.25, 0.3) is 5.91 Å². The van der Waals surface area contributed by atoms with Crippen LogP contribution in [0.15, 0.2) is 60.7 Å². The van der Waals surface area contributed by atoms with E-state index in [2.05, 4.69) is 16.0 Å². The van der Waals surface area contributed by atoms with Gasteiger partial charge in [0.1, 0.15) is 0 Å². The van der Waals surface area contributed by atoms with Gasteiger partial charge < -0.3 is 20.7 Å². The first-order chi connectivity index (χ1) is 12.7. The second-order valence-electron chi connectivity index (χ2n) is 6.33. The first-order valence-corrected chi connectivity index (χ1v) is 9.16. The van der Waals surface area contributed by atoms with E-state index >= 15 is 0 Å². The number of ether oxygens (including phenoxy) is 1. The molecular formula is C20H23N3O2S. The molecule has 136 valence electrons. The average Bonchev–Trinajstić information content (AvgIpc) is 3.14. The molecule has 1 heterocycles. The van der Waals surface area contributed by atoms with E-state index in [-0.39, 0.29) is 12.0 Å². The van der Waals surface area contributed by atoms with Gasteiger partial charge in [-0.15, -0.1) is 0 Å². The minimum absolute atomic E-state index is 0.0413. The molecule has 2 atom stereocenters. The molecule has 1 aliphatic rings. The fraction of sp³-hybridized carbons (Fsp3) is 0.300. The third-order valence-corrected chi connectivity index (χ3v) is 4.52. The molecule has 2 aromatic carbocycles. The highest BCUT2D eigenvalue weighted by atomic mass is 32.1. The second kappa shape index (κ2) is 9.31. The average molecular weight is 369 g/mol. The van der Waals surface area contributed by atoms with Crippen LogP contribution in [0.5, 0.6) is 0 Å². The maximum Gasteiger partial charge on any atom is 0.251 e. The molecule has 1 fully saturated rings. The Kier molecular flexibility index (Phi) is 6.57. The Morgan fingerprint density at radius 2 is 1.69 bits per heavy atom. The molecule has 2 aromatic rings. The van der Waals surface area contributed by atoms with Gasteiger partial charge in [0.05, 0.1) is 12.7 Å². The van der Waals surface area contributed by atoms with Crippen molar-refractivity contribution in [3.05, 3.63) is 66.2 Å². The van der Waals surface area contributed by atoms with Crippen LogP contribution in [0.3, 0.4) is 0 Å². The van der Waals surface area contributed by atoms with Crippen LogP contribution in [0.1, 0.15) is 16.8 Å². The molecule has 0 unspecified atom stereocenters. The number of benzene rings is 2. The number of rotatable bonds is 6. The van der Waals surface area contributed by atoms with Crippen LogP contribution in [-0.2, 0) is 4.74 Å². The highest BCUT2D eigenvalue weighted by Crippen LogP contribution is 2.18. The maximum atomic E-state index is 12.1. The lowest BCUT2D eigenvalue weighted by Gasteiger charge is -2.14. The molecule has 1 saturated heterocycles. The van der Waals surface area contributed by atoms with E-state index in [1.165, 1.54) is 0 Å². The number of hydrogen-bond donors (Lipinski definition) is 3.